The van der Waals surface area contributed by atoms with Crippen LogP contribution in [-0.4, -0.2) is 63.9 Å². The summed E-state index contributed by atoms with van der Waals surface area (Å²) in [5, 5.41) is 2.95. The third-order valence-electron chi connectivity index (χ3n) is 6.59. The van der Waals surface area contributed by atoms with Crippen molar-refractivity contribution in [1.82, 2.24) is 4.90 Å². The lowest BCUT2D eigenvalue weighted by molar-refractivity contribution is 0.0303. The van der Waals surface area contributed by atoms with Crippen LogP contribution in [0.2, 0.25) is 0 Å². The summed E-state index contributed by atoms with van der Waals surface area (Å²) in [6.07, 6.45) is 0.769. The zero-order chi connectivity index (χ0) is 25.1. The Balaban J connectivity index is 1.29. The van der Waals surface area contributed by atoms with Gasteiger partial charge in [-0.3, -0.25) is 9.69 Å². The molecular formula is C28H29N3O5. The maximum absolute atomic E-state index is 13.1. The smallest absolute Gasteiger partial charge is 0.326 e. The van der Waals surface area contributed by atoms with E-state index in [4.69, 9.17) is 14.2 Å². The van der Waals surface area contributed by atoms with E-state index in [-0.39, 0.29) is 11.9 Å². The summed E-state index contributed by atoms with van der Waals surface area (Å²) in [6.45, 7) is 3.02. The highest BCUT2D eigenvalue weighted by Gasteiger charge is 2.25. The Hall–Kier alpha value is -4.04. The highest BCUT2D eigenvalue weighted by atomic mass is 16.5. The molecule has 5 rings (SSSR count). The molecule has 2 heterocycles. The van der Waals surface area contributed by atoms with Crippen LogP contribution in [-0.2, 0) is 11.2 Å². The minimum absolute atomic E-state index is 0.0362. The Bertz CT molecular complexity index is 1250. The number of morpholine rings is 1. The Morgan fingerprint density at radius 3 is 2.17 bits per heavy atom. The number of hydrogen-bond donors (Lipinski definition) is 1. The first-order chi connectivity index (χ1) is 17.6. The molecule has 8 nitrogen and oxygen atoms in total. The largest absolute Gasteiger partial charge is 0.497 e. The van der Waals surface area contributed by atoms with Gasteiger partial charge in [0.2, 0.25) is 0 Å². The number of hydrogen-bond acceptors (Lipinski definition) is 5. The minimum atomic E-state index is -0.206. The van der Waals surface area contributed by atoms with E-state index in [0.717, 1.165) is 28.8 Å². The van der Waals surface area contributed by atoms with Crippen molar-refractivity contribution in [2.45, 2.75) is 6.42 Å². The lowest BCUT2D eigenvalue weighted by atomic mass is 10.0. The van der Waals surface area contributed by atoms with Crippen LogP contribution in [0.5, 0.6) is 11.5 Å². The van der Waals surface area contributed by atoms with Gasteiger partial charge in [0, 0.05) is 54.8 Å². The van der Waals surface area contributed by atoms with Crippen LogP contribution in [0.4, 0.5) is 16.2 Å². The van der Waals surface area contributed by atoms with Gasteiger partial charge < -0.3 is 24.4 Å². The maximum Gasteiger partial charge on any atom is 0.326 e. The van der Waals surface area contributed by atoms with Crippen LogP contribution in [0, 0.1) is 0 Å². The third kappa shape index (κ3) is 4.85. The molecule has 3 aromatic carbocycles. The number of urea groups is 1. The number of carbonyl (C=O) groups is 2. The van der Waals surface area contributed by atoms with Crippen molar-refractivity contribution in [2.75, 3.05) is 57.3 Å². The van der Waals surface area contributed by atoms with Gasteiger partial charge >= 0.3 is 6.03 Å². The first kappa shape index (κ1) is 23.7. The van der Waals surface area contributed by atoms with Crippen LogP contribution in [0.3, 0.4) is 0 Å². The number of rotatable bonds is 5. The van der Waals surface area contributed by atoms with Crippen molar-refractivity contribution < 1.29 is 23.8 Å². The zero-order valence-electron chi connectivity index (χ0n) is 20.5. The molecular weight excluding hydrogens is 458 g/mol. The highest BCUT2D eigenvalue weighted by Crippen LogP contribution is 2.33. The number of fused-ring (bicyclic) bond motifs is 1. The van der Waals surface area contributed by atoms with Gasteiger partial charge in [0.05, 0.1) is 27.4 Å². The number of nitrogens with zero attached hydrogens (tertiary/aromatic N) is 2. The van der Waals surface area contributed by atoms with E-state index in [2.05, 4.69) is 11.4 Å². The summed E-state index contributed by atoms with van der Waals surface area (Å²) in [7, 11) is 3.15. The van der Waals surface area contributed by atoms with E-state index < -0.39 is 0 Å². The minimum Gasteiger partial charge on any atom is -0.497 e. The molecule has 0 radical (unpaired) electrons. The summed E-state index contributed by atoms with van der Waals surface area (Å²) in [5.74, 6) is 1.25. The zero-order valence-corrected chi connectivity index (χ0v) is 20.5. The van der Waals surface area contributed by atoms with Crippen LogP contribution >= 0.6 is 0 Å². The summed E-state index contributed by atoms with van der Waals surface area (Å²) in [4.78, 5) is 29.3. The predicted molar refractivity (Wildman–Crippen MR) is 138 cm³/mol. The van der Waals surface area contributed by atoms with Crippen LogP contribution in [0.1, 0.15) is 15.9 Å². The fraction of sp³-hybridized carbons (Fsp3) is 0.286. The fourth-order valence-electron chi connectivity index (χ4n) is 4.62. The number of benzene rings is 3. The molecule has 0 atom stereocenters. The molecule has 0 aliphatic carbocycles. The first-order valence-corrected chi connectivity index (χ1v) is 12.0. The summed E-state index contributed by atoms with van der Waals surface area (Å²) < 4.78 is 15.9. The quantitative estimate of drug-likeness (QED) is 0.576. The normalized spacial score (nSPS) is 14.8. The maximum atomic E-state index is 13.1. The van der Waals surface area contributed by atoms with Crippen molar-refractivity contribution in [3.63, 3.8) is 0 Å². The van der Waals surface area contributed by atoms with Crippen LogP contribution in [0.15, 0.2) is 60.7 Å². The lowest BCUT2D eigenvalue weighted by Gasteiger charge is -2.26. The monoisotopic (exact) mass is 487 g/mol. The molecule has 3 aromatic rings. The number of anilines is 2. The van der Waals surface area contributed by atoms with Crippen molar-refractivity contribution in [3.05, 3.63) is 71.8 Å². The molecule has 1 fully saturated rings. The Morgan fingerprint density at radius 1 is 0.833 bits per heavy atom. The van der Waals surface area contributed by atoms with Gasteiger partial charge in [0.1, 0.15) is 11.5 Å². The standard InChI is InChI=1S/C28H29N3O5/c1-34-24-16-23(17-25(18-24)35-2)29-28(33)31-10-9-22-15-21(7-8-26(22)31)19-3-5-20(6-4-19)27(32)30-11-13-36-14-12-30/h3-8,15-18H,9-14H2,1-2H3,(H,29,33). The Labute approximate surface area is 210 Å². The highest BCUT2D eigenvalue weighted by molar-refractivity contribution is 6.03. The molecule has 8 heteroatoms. The van der Waals surface area contributed by atoms with Crippen molar-refractivity contribution >= 4 is 23.3 Å². The van der Waals surface area contributed by atoms with Gasteiger partial charge in [-0.15, -0.1) is 0 Å². The van der Waals surface area contributed by atoms with Crippen LogP contribution < -0.4 is 19.7 Å². The van der Waals surface area contributed by atoms with Crippen LogP contribution in [0.25, 0.3) is 11.1 Å². The van der Waals surface area contributed by atoms with Crippen molar-refractivity contribution in [1.29, 1.82) is 0 Å². The second kappa shape index (κ2) is 10.3. The number of methoxy groups -OCH3 is 2. The van der Waals surface area contributed by atoms with Gasteiger partial charge in [0.25, 0.3) is 5.91 Å². The fourth-order valence-corrected chi connectivity index (χ4v) is 4.62. The lowest BCUT2D eigenvalue weighted by Crippen LogP contribution is -2.40. The van der Waals surface area contributed by atoms with E-state index in [1.165, 1.54) is 0 Å². The molecule has 0 aromatic heterocycles. The molecule has 0 bridgehead atoms. The summed E-state index contributed by atoms with van der Waals surface area (Å²) >= 11 is 0. The number of carbonyl (C=O) groups excluding carboxylic acids is 2. The van der Waals surface area contributed by atoms with Gasteiger partial charge in [-0.05, 0) is 47.4 Å². The van der Waals surface area contributed by atoms with Gasteiger partial charge in [-0.2, -0.15) is 0 Å². The molecule has 0 unspecified atom stereocenters. The molecule has 1 N–H and O–H groups in total. The first-order valence-electron chi connectivity index (χ1n) is 12.0. The second-order valence-corrected chi connectivity index (χ2v) is 8.76. The summed E-state index contributed by atoms with van der Waals surface area (Å²) in [6, 6.07) is 18.9. The van der Waals surface area contributed by atoms with E-state index in [0.29, 0.717) is 55.6 Å². The average molecular weight is 488 g/mol. The molecule has 3 amide bonds. The molecule has 0 spiro atoms. The average Bonchev–Trinajstić information content (AvgIpc) is 3.36. The number of nitrogens with one attached hydrogen (secondary N) is 1. The topological polar surface area (TPSA) is 80.3 Å². The van der Waals surface area contributed by atoms with E-state index in [1.54, 1.807) is 37.3 Å². The Morgan fingerprint density at radius 2 is 1.50 bits per heavy atom. The molecule has 2 aliphatic heterocycles. The Kier molecular flexibility index (Phi) is 6.77. The molecule has 1 saturated heterocycles. The SMILES string of the molecule is COc1cc(NC(=O)N2CCc3cc(-c4ccc(C(=O)N5CCOCC5)cc4)ccc32)cc(OC)c1. The summed E-state index contributed by atoms with van der Waals surface area (Å²) in [5.41, 5.74) is 5.37. The number of amides is 3. The van der Waals surface area contributed by atoms with Crippen molar-refractivity contribution in [3.8, 4) is 22.6 Å². The van der Waals surface area contributed by atoms with Gasteiger partial charge in [-0.25, -0.2) is 4.79 Å². The van der Waals surface area contributed by atoms with E-state index in [9.17, 15) is 9.59 Å². The molecule has 2 aliphatic rings. The van der Waals surface area contributed by atoms with Gasteiger partial charge in [0.15, 0.2) is 0 Å². The number of ether oxygens (including phenoxy) is 3. The molecule has 36 heavy (non-hydrogen) atoms. The predicted octanol–water partition coefficient (Wildman–Crippen LogP) is 4.44. The second-order valence-electron chi connectivity index (χ2n) is 8.76. The molecule has 0 saturated carbocycles. The van der Waals surface area contributed by atoms with E-state index in [1.807, 2.05) is 41.3 Å². The van der Waals surface area contributed by atoms with Gasteiger partial charge in [-0.1, -0.05) is 18.2 Å². The third-order valence-corrected chi connectivity index (χ3v) is 6.59. The molecule has 186 valence electrons. The van der Waals surface area contributed by atoms with Crippen molar-refractivity contribution in [2.24, 2.45) is 0 Å². The van der Waals surface area contributed by atoms with E-state index >= 15 is 0 Å².